The summed E-state index contributed by atoms with van der Waals surface area (Å²) in [5, 5.41) is 13.6. The topological polar surface area (TPSA) is 91.2 Å². The Hall–Kier alpha value is -2.55. The molecule has 1 aromatic carbocycles. The number of hydrogen-bond acceptors (Lipinski definition) is 4. The summed E-state index contributed by atoms with van der Waals surface area (Å²) in [7, 11) is 1.60. The van der Waals surface area contributed by atoms with Gasteiger partial charge in [0, 0.05) is 19.5 Å². The minimum absolute atomic E-state index is 0.0765. The lowest BCUT2D eigenvalue weighted by Gasteiger charge is -2.07. The van der Waals surface area contributed by atoms with Crippen LogP contribution in [0.3, 0.4) is 0 Å². The fourth-order valence-corrected chi connectivity index (χ4v) is 1.71. The Morgan fingerprint density at radius 1 is 1.24 bits per heavy atom. The van der Waals surface area contributed by atoms with Crippen LogP contribution in [0.25, 0.3) is 0 Å². The van der Waals surface area contributed by atoms with Gasteiger partial charge in [0.2, 0.25) is 11.8 Å². The molecule has 0 saturated heterocycles. The summed E-state index contributed by atoms with van der Waals surface area (Å²) in [6.45, 7) is 0.680. The normalized spacial score (nSPS) is 9.52. The molecule has 1 aromatic rings. The zero-order valence-corrected chi connectivity index (χ0v) is 12.0. The van der Waals surface area contributed by atoms with Crippen LogP contribution < -0.4 is 15.4 Å². The van der Waals surface area contributed by atoms with Crippen LogP contribution >= 0.6 is 0 Å². The number of nitriles is 1. The zero-order chi connectivity index (χ0) is 15.5. The molecule has 0 aliphatic rings. The summed E-state index contributed by atoms with van der Waals surface area (Å²) in [4.78, 5) is 22.6. The van der Waals surface area contributed by atoms with Crippen molar-refractivity contribution < 1.29 is 14.3 Å². The van der Waals surface area contributed by atoms with E-state index in [9.17, 15) is 9.59 Å². The number of methoxy groups -OCH3 is 1. The van der Waals surface area contributed by atoms with E-state index in [1.807, 2.05) is 24.3 Å². The summed E-state index contributed by atoms with van der Waals surface area (Å²) in [6, 6.07) is 9.34. The summed E-state index contributed by atoms with van der Waals surface area (Å²) in [5.41, 5.74) is 1.03. The fourth-order valence-electron chi connectivity index (χ4n) is 1.71. The van der Waals surface area contributed by atoms with Gasteiger partial charge in [-0.3, -0.25) is 9.59 Å². The van der Waals surface area contributed by atoms with Gasteiger partial charge in [-0.1, -0.05) is 12.1 Å². The number of nitrogens with one attached hydrogen (secondary N) is 2. The van der Waals surface area contributed by atoms with Crippen LogP contribution in [0.4, 0.5) is 0 Å². The van der Waals surface area contributed by atoms with Gasteiger partial charge in [-0.05, 0) is 24.1 Å². The van der Waals surface area contributed by atoms with Gasteiger partial charge in [0.25, 0.3) is 0 Å². The number of benzene rings is 1. The molecule has 0 bridgehead atoms. The van der Waals surface area contributed by atoms with E-state index >= 15 is 0 Å². The molecular formula is C15H19N3O3. The third-order valence-electron chi connectivity index (χ3n) is 2.78. The Morgan fingerprint density at radius 3 is 2.62 bits per heavy atom. The predicted molar refractivity (Wildman–Crippen MR) is 77.6 cm³/mol. The van der Waals surface area contributed by atoms with E-state index in [2.05, 4.69) is 10.6 Å². The molecule has 2 N–H and O–H groups in total. The number of amides is 2. The van der Waals surface area contributed by atoms with Crippen molar-refractivity contribution in [3.8, 4) is 11.8 Å². The van der Waals surface area contributed by atoms with Crippen LogP contribution in [0.15, 0.2) is 24.3 Å². The highest BCUT2D eigenvalue weighted by molar-refractivity contribution is 5.78. The second-order valence-electron chi connectivity index (χ2n) is 4.39. The quantitative estimate of drug-likeness (QED) is 0.692. The highest BCUT2D eigenvalue weighted by Crippen LogP contribution is 2.13. The van der Waals surface area contributed by atoms with Gasteiger partial charge in [-0.25, -0.2) is 0 Å². The maximum Gasteiger partial charge on any atom is 0.234 e. The number of carbonyl (C=O) groups excluding carboxylic acids is 2. The van der Waals surface area contributed by atoms with Gasteiger partial charge in [0.1, 0.15) is 12.2 Å². The first kappa shape index (κ1) is 16.5. The lowest BCUT2D eigenvalue weighted by molar-refractivity contribution is -0.122. The maximum absolute atomic E-state index is 11.6. The first-order valence-corrected chi connectivity index (χ1v) is 6.69. The highest BCUT2D eigenvalue weighted by Gasteiger charge is 2.03. The van der Waals surface area contributed by atoms with E-state index in [1.54, 1.807) is 13.2 Å². The molecule has 0 aliphatic heterocycles. The van der Waals surface area contributed by atoms with E-state index in [1.165, 1.54) is 0 Å². The SMILES string of the molecule is COc1cccc(CCC(=O)NCCNC(=O)CC#N)c1. The maximum atomic E-state index is 11.6. The molecule has 21 heavy (non-hydrogen) atoms. The van der Waals surface area contributed by atoms with Gasteiger partial charge in [-0.15, -0.1) is 0 Å². The standard InChI is InChI=1S/C15H19N3O3/c1-21-13-4-2-3-12(11-13)5-6-14(19)17-9-10-18-15(20)7-8-16/h2-4,11H,5-7,9-10H2,1H3,(H,17,19)(H,18,20). The molecule has 1 rings (SSSR count). The Morgan fingerprint density at radius 2 is 1.95 bits per heavy atom. The monoisotopic (exact) mass is 289 g/mol. The lowest BCUT2D eigenvalue weighted by Crippen LogP contribution is -2.34. The highest BCUT2D eigenvalue weighted by atomic mass is 16.5. The molecule has 6 nitrogen and oxygen atoms in total. The third kappa shape index (κ3) is 6.97. The molecule has 2 amide bonds. The number of carbonyl (C=O) groups is 2. The Labute approximate surface area is 124 Å². The smallest absolute Gasteiger partial charge is 0.234 e. The molecular weight excluding hydrogens is 270 g/mol. The Kier molecular flexibility index (Phi) is 7.36. The van der Waals surface area contributed by atoms with Crippen LogP contribution in [0.2, 0.25) is 0 Å². The largest absolute Gasteiger partial charge is 0.497 e. The Balaban J connectivity index is 2.19. The van der Waals surface area contributed by atoms with E-state index in [-0.39, 0.29) is 18.2 Å². The number of aryl methyl sites for hydroxylation is 1. The minimum Gasteiger partial charge on any atom is -0.497 e. The second kappa shape index (κ2) is 9.37. The molecule has 0 fully saturated rings. The molecule has 112 valence electrons. The molecule has 0 aromatic heterocycles. The van der Waals surface area contributed by atoms with E-state index in [0.29, 0.717) is 25.9 Å². The van der Waals surface area contributed by atoms with Crippen molar-refractivity contribution in [3.63, 3.8) is 0 Å². The van der Waals surface area contributed by atoms with Crippen LogP contribution in [0, 0.1) is 11.3 Å². The molecule has 0 spiro atoms. The number of hydrogen-bond donors (Lipinski definition) is 2. The van der Waals surface area contributed by atoms with Crippen molar-refractivity contribution in [2.24, 2.45) is 0 Å². The van der Waals surface area contributed by atoms with Gasteiger partial charge >= 0.3 is 0 Å². The van der Waals surface area contributed by atoms with Crippen LogP contribution in [-0.4, -0.2) is 32.0 Å². The minimum atomic E-state index is -0.330. The average Bonchev–Trinajstić information content (AvgIpc) is 2.50. The molecule has 0 atom stereocenters. The van der Waals surface area contributed by atoms with E-state index < -0.39 is 0 Å². The van der Waals surface area contributed by atoms with Crippen molar-refractivity contribution in [2.45, 2.75) is 19.3 Å². The van der Waals surface area contributed by atoms with Crippen LogP contribution in [0.5, 0.6) is 5.75 Å². The van der Waals surface area contributed by atoms with Gasteiger partial charge < -0.3 is 15.4 Å². The molecule has 0 unspecified atom stereocenters. The van der Waals surface area contributed by atoms with Crippen LogP contribution in [0.1, 0.15) is 18.4 Å². The van der Waals surface area contributed by atoms with Crippen molar-refractivity contribution in [1.82, 2.24) is 10.6 Å². The van der Waals surface area contributed by atoms with Gasteiger partial charge in [0.15, 0.2) is 0 Å². The first-order valence-electron chi connectivity index (χ1n) is 6.69. The molecule has 0 saturated carbocycles. The molecule has 6 heteroatoms. The molecule has 0 heterocycles. The van der Waals surface area contributed by atoms with Crippen molar-refractivity contribution in [2.75, 3.05) is 20.2 Å². The second-order valence-corrected chi connectivity index (χ2v) is 4.39. The lowest BCUT2D eigenvalue weighted by atomic mass is 10.1. The summed E-state index contributed by atoms with van der Waals surface area (Å²) in [6.07, 6.45) is 0.840. The third-order valence-corrected chi connectivity index (χ3v) is 2.78. The number of nitrogens with zero attached hydrogens (tertiary/aromatic N) is 1. The summed E-state index contributed by atoms with van der Waals surface area (Å²) >= 11 is 0. The van der Waals surface area contributed by atoms with Crippen molar-refractivity contribution in [1.29, 1.82) is 5.26 Å². The fraction of sp³-hybridized carbons (Fsp3) is 0.400. The molecule has 0 aliphatic carbocycles. The first-order chi connectivity index (χ1) is 10.2. The number of ether oxygens (including phenoxy) is 1. The van der Waals surface area contributed by atoms with Gasteiger partial charge in [0.05, 0.1) is 13.2 Å². The van der Waals surface area contributed by atoms with Gasteiger partial charge in [-0.2, -0.15) is 5.26 Å². The summed E-state index contributed by atoms with van der Waals surface area (Å²) in [5.74, 6) is 0.364. The average molecular weight is 289 g/mol. The Bertz CT molecular complexity index is 523. The van der Waals surface area contributed by atoms with Crippen molar-refractivity contribution >= 4 is 11.8 Å². The van der Waals surface area contributed by atoms with E-state index in [0.717, 1.165) is 11.3 Å². The van der Waals surface area contributed by atoms with E-state index in [4.69, 9.17) is 10.00 Å². The zero-order valence-electron chi connectivity index (χ0n) is 12.0. The molecule has 0 radical (unpaired) electrons. The summed E-state index contributed by atoms with van der Waals surface area (Å²) < 4.78 is 5.12. The predicted octanol–water partition coefficient (Wildman–Crippen LogP) is 0.774. The number of rotatable bonds is 8. The van der Waals surface area contributed by atoms with Crippen molar-refractivity contribution in [3.05, 3.63) is 29.8 Å². The van der Waals surface area contributed by atoms with Crippen LogP contribution in [-0.2, 0) is 16.0 Å².